The molecular formula is C28H34F3N3O4. The average Bonchev–Trinajstić information content (AvgIpc) is 3.23. The van der Waals surface area contributed by atoms with E-state index in [2.05, 4.69) is 26.7 Å². The van der Waals surface area contributed by atoms with Crippen LogP contribution < -0.4 is 19.3 Å². The first-order valence-electron chi connectivity index (χ1n) is 13.4. The molecule has 10 heteroatoms. The molecular weight excluding hydrogens is 499 g/mol. The van der Waals surface area contributed by atoms with Crippen molar-refractivity contribution in [2.45, 2.75) is 50.5 Å². The summed E-state index contributed by atoms with van der Waals surface area (Å²) in [6.45, 7) is 6.04. The maximum Gasteiger partial charge on any atom is 0.573 e. The number of likely N-dealkylation sites (tertiary alicyclic amines) is 1. The number of benzene rings is 2. The third-order valence-electron chi connectivity index (χ3n) is 7.57. The van der Waals surface area contributed by atoms with Gasteiger partial charge in [-0.15, -0.1) is 13.2 Å². The van der Waals surface area contributed by atoms with E-state index in [4.69, 9.17) is 9.47 Å². The summed E-state index contributed by atoms with van der Waals surface area (Å²) in [7, 11) is 0. The standard InChI is InChI=1S/C28H34F3N3O4/c29-28(30,31)37-25-11-7-23(8-12-25)34-21-27(38-26(34)35)13-18-33(19-14-27)22-5-9-24(10-6-22)36-20-4-17-32-15-2-1-3-16-32/h5-12H,1-4,13-21H2. The Morgan fingerprint density at radius 1 is 0.842 bits per heavy atom. The highest BCUT2D eigenvalue weighted by molar-refractivity contribution is 5.90. The van der Waals surface area contributed by atoms with Crippen LogP contribution in [0.25, 0.3) is 0 Å². The Hall–Kier alpha value is -3.14. The highest BCUT2D eigenvalue weighted by atomic mass is 19.4. The van der Waals surface area contributed by atoms with Crippen LogP contribution in [0.3, 0.4) is 0 Å². The van der Waals surface area contributed by atoms with Gasteiger partial charge in [-0.25, -0.2) is 4.79 Å². The first kappa shape index (κ1) is 26.5. The van der Waals surface area contributed by atoms with E-state index in [1.54, 1.807) is 0 Å². The highest BCUT2D eigenvalue weighted by Gasteiger charge is 2.47. The molecule has 2 aromatic rings. The second-order valence-electron chi connectivity index (χ2n) is 10.3. The molecule has 0 atom stereocenters. The Kier molecular flexibility index (Phi) is 7.88. The van der Waals surface area contributed by atoms with Crippen LogP contribution in [0.1, 0.15) is 38.5 Å². The van der Waals surface area contributed by atoms with Crippen LogP contribution in [0, 0.1) is 0 Å². The third kappa shape index (κ3) is 6.64. The van der Waals surface area contributed by atoms with Crippen molar-refractivity contribution >= 4 is 17.5 Å². The molecule has 3 fully saturated rings. The SMILES string of the molecule is O=C1OC2(CCN(c3ccc(OCCCN4CCCCC4)cc3)CC2)CN1c1ccc(OC(F)(F)F)cc1. The van der Waals surface area contributed by atoms with Crippen molar-refractivity contribution in [1.82, 2.24) is 4.90 Å². The fourth-order valence-corrected chi connectivity index (χ4v) is 5.50. The minimum atomic E-state index is -4.76. The molecule has 0 radical (unpaired) electrons. The van der Waals surface area contributed by atoms with E-state index in [0.717, 1.165) is 37.5 Å². The largest absolute Gasteiger partial charge is 0.573 e. The minimum absolute atomic E-state index is 0.328. The van der Waals surface area contributed by atoms with Gasteiger partial charge in [-0.2, -0.15) is 0 Å². The zero-order valence-corrected chi connectivity index (χ0v) is 21.4. The lowest BCUT2D eigenvalue weighted by Gasteiger charge is -2.38. The number of carbonyl (C=O) groups excluding carboxylic acids is 1. The normalized spacial score (nSPS) is 20.0. The Balaban J connectivity index is 1.09. The Morgan fingerprint density at radius 2 is 1.47 bits per heavy atom. The summed E-state index contributed by atoms with van der Waals surface area (Å²) in [4.78, 5) is 18.9. The number of piperidine rings is 2. The first-order chi connectivity index (χ1) is 18.3. The smallest absolute Gasteiger partial charge is 0.494 e. The number of nitrogens with zero attached hydrogens (tertiary/aromatic N) is 3. The number of amides is 1. The van der Waals surface area contributed by atoms with E-state index in [0.29, 0.717) is 31.7 Å². The van der Waals surface area contributed by atoms with E-state index in [1.807, 2.05) is 12.1 Å². The molecule has 2 aromatic carbocycles. The quantitative estimate of drug-likeness (QED) is 0.398. The van der Waals surface area contributed by atoms with Crippen molar-refractivity contribution in [3.8, 4) is 11.5 Å². The fraction of sp³-hybridized carbons (Fsp3) is 0.536. The second kappa shape index (κ2) is 11.3. The maximum absolute atomic E-state index is 12.6. The van der Waals surface area contributed by atoms with Crippen LogP contribution in [0.5, 0.6) is 11.5 Å². The number of halogens is 3. The number of hydrogen-bond acceptors (Lipinski definition) is 6. The van der Waals surface area contributed by atoms with Gasteiger partial charge in [0.1, 0.15) is 17.1 Å². The van der Waals surface area contributed by atoms with Gasteiger partial charge in [0, 0.05) is 43.9 Å². The number of alkyl halides is 3. The molecule has 7 nitrogen and oxygen atoms in total. The van der Waals surface area contributed by atoms with Crippen molar-refractivity contribution in [1.29, 1.82) is 0 Å². The molecule has 0 N–H and O–H groups in total. The molecule has 0 saturated carbocycles. The van der Waals surface area contributed by atoms with E-state index >= 15 is 0 Å². The summed E-state index contributed by atoms with van der Waals surface area (Å²) < 4.78 is 52.9. The van der Waals surface area contributed by atoms with Gasteiger partial charge in [-0.05, 0) is 80.9 Å². The van der Waals surface area contributed by atoms with Gasteiger partial charge in [-0.3, -0.25) is 4.90 Å². The number of ether oxygens (including phenoxy) is 3. The molecule has 3 aliphatic rings. The van der Waals surface area contributed by atoms with Crippen LogP contribution >= 0.6 is 0 Å². The van der Waals surface area contributed by atoms with Crippen molar-refractivity contribution in [2.75, 3.05) is 55.7 Å². The van der Waals surface area contributed by atoms with Crippen LogP contribution in [-0.2, 0) is 4.74 Å². The fourth-order valence-electron chi connectivity index (χ4n) is 5.50. The monoisotopic (exact) mass is 533 g/mol. The summed E-state index contributed by atoms with van der Waals surface area (Å²) >= 11 is 0. The zero-order chi connectivity index (χ0) is 26.6. The molecule has 206 valence electrons. The summed E-state index contributed by atoms with van der Waals surface area (Å²) in [5.41, 5.74) is 0.976. The number of hydrogen-bond donors (Lipinski definition) is 0. The third-order valence-corrected chi connectivity index (χ3v) is 7.57. The summed E-state index contributed by atoms with van der Waals surface area (Å²) in [6.07, 6.45) is 1.08. The maximum atomic E-state index is 12.6. The number of anilines is 2. The molecule has 38 heavy (non-hydrogen) atoms. The highest BCUT2D eigenvalue weighted by Crippen LogP contribution is 2.37. The molecule has 0 bridgehead atoms. The zero-order valence-electron chi connectivity index (χ0n) is 21.4. The first-order valence-corrected chi connectivity index (χ1v) is 13.4. The lowest BCUT2D eigenvalue weighted by Crippen LogP contribution is -2.47. The van der Waals surface area contributed by atoms with Gasteiger partial charge in [-0.1, -0.05) is 6.42 Å². The lowest BCUT2D eigenvalue weighted by atomic mass is 9.91. The molecule has 0 aliphatic carbocycles. The van der Waals surface area contributed by atoms with Gasteiger partial charge in [0.15, 0.2) is 0 Å². The molecule has 0 aromatic heterocycles. The average molecular weight is 534 g/mol. The predicted molar refractivity (Wildman–Crippen MR) is 138 cm³/mol. The molecule has 3 saturated heterocycles. The van der Waals surface area contributed by atoms with Crippen molar-refractivity contribution in [3.63, 3.8) is 0 Å². The predicted octanol–water partition coefficient (Wildman–Crippen LogP) is 5.84. The molecule has 5 rings (SSSR count). The molecule has 3 heterocycles. The molecule has 1 spiro atoms. The molecule has 1 amide bonds. The lowest BCUT2D eigenvalue weighted by molar-refractivity contribution is -0.274. The Labute approximate surface area is 221 Å². The van der Waals surface area contributed by atoms with Gasteiger partial charge < -0.3 is 24.0 Å². The van der Waals surface area contributed by atoms with E-state index < -0.39 is 18.1 Å². The summed E-state index contributed by atoms with van der Waals surface area (Å²) in [5.74, 6) is 0.540. The van der Waals surface area contributed by atoms with Gasteiger partial charge in [0.2, 0.25) is 0 Å². The van der Waals surface area contributed by atoms with Gasteiger partial charge >= 0.3 is 12.5 Å². The minimum Gasteiger partial charge on any atom is -0.494 e. The van der Waals surface area contributed by atoms with Gasteiger partial charge in [0.05, 0.1) is 13.2 Å². The van der Waals surface area contributed by atoms with Crippen LogP contribution in [-0.4, -0.2) is 68.8 Å². The Morgan fingerprint density at radius 3 is 2.13 bits per heavy atom. The van der Waals surface area contributed by atoms with Crippen LogP contribution in [0.2, 0.25) is 0 Å². The Bertz CT molecular complexity index is 1060. The topological polar surface area (TPSA) is 54.5 Å². The summed E-state index contributed by atoms with van der Waals surface area (Å²) in [5, 5.41) is 0. The van der Waals surface area contributed by atoms with Crippen LogP contribution in [0.4, 0.5) is 29.3 Å². The van der Waals surface area contributed by atoms with E-state index in [-0.39, 0.29) is 5.75 Å². The van der Waals surface area contributed by atoms with Crippen LogP contribution in [0.15, 0.2) is 48.5 Å². The van der Waals surface area contributed by atoms with Crippen molar-refractivity contribution < 1.29 is 32.2 Å². The number of rotatable bonds is 8. The van der Waals surface area contributed by atoms with Gasteiger partial charge in [0.25, 0.3) is 0 Å². The van der Waals surface area contributed by atoms with E-state index in [1.165, 1.54) is 61.5 Å². The number of carbonyl (C=O) groups is 1. The van der Waals surface area contributed by atoms with E-state index in [9.17, 15) is 18.0 Å². The molecule has 3 aliphatic heterocycles. The van der Waals surface area contributed by atoms with Crippen molar-refractivity contribution in [2.24, 2.45) is 0 Å². The summed E-state index contributed by atoms with van der Waals surface area (Å²) in [6, 6.07) is 13.4. The second-order valence-corrected chi connectivity index (χ2v) is 10.3. The molecule has 0 unspecified atom stereocenters. The van der Waals surface area contributed by atoms with Crippen molar-refractivity contribution in [3.05, 3.63) is 48.5 Å².